The van der Waals surface area contributed by atoms with Crippen molar-refractivity contribution in [1.29, 1.82) is 0 Å². The number of nitrogens with zero attached hydrogens (tertiary/aromatic N) is 4. The molecular weight excluding hydrogens is 354 g/mol. The maximum Gasteiger partial charge on any atom is 0.367 e. The molecule has 1 amide bonds. The van der Waals surface area contributed by atoms with Crippen molar-refractivity contribution < 1.29 is 9.53 Å². The second kappa shape index (κ2) is 7.61. The van der Waals surface area contributed by atoms with Crippen molar-refractivity contribution in [1.82, 2.24) is 19.4 Å². The number of rotatable bonds is 6. The Morgan fingerprint density at radius 1 is 1.19 bits per heavy atom. The van der Waals surface area contributed by atoms with Crippen LogP contribution in [0.2, 0.25) is 0 Å². The second-order valence-corrected chi connectivity index (χ2v) is 7.42. The summed E-state index contributed by atoms with van der Waals surface area (Å²) in [6.07, 6.45) is 0. The molecule has 2 heterocycles. The maximum absolute atomic E-state index is 12.4. The molecule has 2 aromatic heterocycles. The highest BCUT2D eigenvalue weighted by atomic mass is 32.2. The summed E-state index contributed by atoms with van der Waals surface area (Å²) in [7, 11) is 1.57. The molecule has 0 aliphatic heterocycles. The normalized spacial score (nSPS) is 11.1. The highest BCUT2D eigenvalue weighted by molar-refractivity contribution is 7.99. The summed E-state index contributed by atoms with van der Waals surface area (Å²) < 4.78 is 7.39. The zero-order valence-electron chi connectivity index (χ0n) is 14.7. The first kappa shape index (κ1) is 18.0. The number of carbonyl (C=O) groups is 1. The molecule has 0 atom stereocenters. The number of nitrogens with one attached hydrogen (secondary N) is 1. The molecule has 0 aliphatic carbocycles. The number of hydrogen-bond acceptors (Lipinski definition) is 6. The van der Waals surface area contributed by atoms with Crippen LogP contribution in [0.15, 0.2) is 46.2 Å². The molecule has 1 aromatic carbocycles. The highest BCUT2D eigenvalue weighted by Gasteiger charge is 2.13. The summed E-state index contributed by atoms with van der Waals surface area (Å²) in [5.74, 6) is 0.346. The van der Waals surface area contributed by atoms with Gasteiger partial charge in [0.25, 0.3) is 0 Å². The fourth-order valence-corrected chi connectivity index (χ4v) is 3.07. The first-order chi connectivity index (χ1) is 12.5. The lowest BCUT2D eigenvalue weighted by molar-refractivity contribution is -0.117. The Balaban J connectivity index is 1.76. The van der Waals surface area contributed by atoms with Gasteiger partial charge in [0.05, 0.1) is 7.11 Å². The molecule has 0 unspecified atom stereocenters. The molecule has 0 fully saturated rings. The minimum Gasteiger partial charge on any atom is -0.497 e. The topological polar surface area (TPSA) is 90.5 Å². The quantitative estimate of drug-likeness (QED) is 0.665. The number of methoxy groups -OCH3 is 1. The molecule has 26 heavy (non-hydrogen) atoms. The average molecular weight is 373 g/mol. The van der Waals surface area contributed by atoms with Crippen molar-refractivity contribution in [3.05, 3.63) is 46.9 Å². The van der Waals surface area contributed by atoms with E-state index in [0.29, 0.717) is 22.3 Å². The van der Waals surface area contributed by atoms with E-state index in [9.17, 15) is 9.59 Å². The van der Waals surface area contributed by atoms with Crippen LogP contribution in [0.3, 0.4) is 0 Å². The molecule has 0 saturated carbocycles. The Morgan fingerprint density at radius 3 is 2.58 bits per heavy atom. The summed E-state index contributed by atoms with van der Waals surface area (Å²) >= 11 is 1.55. The van der Waals surface area contributed by atoms with Crippen molar-refractivity contribution in [2.75, 3.05) is 12.4 Å². The molecule has 136 valence electrons. The van der Waals surface area contributed by atoms with Gasteiger partial charge in [-0.25, -0.2) is 9.48 Å². The van der Waals surface area contributed by atoms with Gasteiger partial charge in [0, 0.05) is 10.9 Å². The number of carbonyl (C=O) groups excluding carboxylic acids is 1. The van der Waals surface area contributed by atoms with Crippen LogP contribution in [0, 0.1) is 0 Å². The Bertz CT molecular complexity index is 978. The van der Waals surface area contributed by atoms with E-state index in [0.717, 1.165) is 9.71 Å². The minimum atomic E-state index is -0.448. The van der Waals surface area contributed by atoms with Gasteiger partial charge in [0.15, 0.2) is 5.65 Å². The van der Waals surface area contributed by atoms with Gasteiger partial charge < -0.3 is 10.1 Å². The van der Waals surface area contributed by atoms with E-state index in [4.69, 9.17) is 4.74 Å². The average Bonchev–Trinajstić information content (AvgIpc) is 2.91. The predicted molar refractivity (Wildman–Crippen MR) is 99.9 cm³/mol. The van der Waals surface area contributed by atoms with Crippen LogP contribution in [0.4, 0.5) is 5.69 Å². The number of benzene rings is 1. The van der Waals surface area contributed by atoms with E-state index in [1.165, 1.54) is 4.52 Å². The summed E-state index contributed by atoms with van der Waals surface area (Å²) in [5, 5.41) is 12.2. The lowest BCUT2D eigenvalue weighted by Gasteiger charge is -2.05. The third-order valence-corrected chi connectivity index (χ3v) is 4.37. The summed E-state index contributed by atoms with van der Waals surface area (Å²) in [6, 6.07) is 10.5. The number of fused-ring (bicyclic) bond motifs is 1. The first-order valence-corrected chi connectivity index (χ1v) is 8.91. The van der Waals surface area contributed by atoms with Gasteiger partial charge >= 0.3 is 5.69 Å². The molecule has 9 heteroatoms. The fraction of sp³-hybridized carbons (Fsp3) is 0.294. The Hall–Kier alpha value is -2.81. The third kappa shape index (κ3) is 4.05. The summed E-state index contributed by atoms with van der Waals surface area (Å²) in [4.78, 5) is 24.6. The molecule has 0 aliphatic rings. The number of anilines is 1. The fourth-order valence-electron chi connectivity index (χ4n) is 2.31. The molecule has 0 saturated heterocycles. The van der Waals surface area contributed by atoms with Crippen LogP contribution in [0.25, 0.3) is 5.65 Å². The van der Waals surface area contributed by atoms with Crippen LogP contribution in [-0.4, -0.2) is 37.7 Å². The summed E-state index contributed by atoms with van der Waals surface area (Å²) in [5.41, 5.74) is 0.567. The maximum atomic E-state index is 12.4. The lowest BCUT2D eigenvalue weighted by Crippen LogP contribution is -2.28. The molecule has 0 spiro atoms. The van der Waals surface area contributed by atoms with E-state index in [1.54, 1.807) is 49.2 Å². The van der Waals surface area contributed by atoms with Crippen LogP contribution < -0.4 is 15.7 Å². The van der Waals surface area contributed by atoms with Crippen molar-refractivity contribution in [2.45, 2.75) is 30.7 Å². The largest absolute Gasteiger partial charge is 0.497 e. The zero-order valence-corrected chi connectivity index (χ0v) is 15.5. The van der Waals surface area contributed by atoms with Gasteiger partial charge in [-0.1, -0.05) is 13.8 Å². The number of aromatic nitrogens is 4. The SMILES string of the molecule is COc1ccc(NC(=O)Cn2nc3ccc(SC(C)C)nn3c2=O)cc1. The van der Waals surface area contributed by atoms with Crippen LogP contribution in [0.5, 0.6) is 5.75 Å². The lowest BCUT2D eigenvalue weighted by atomic mass is 10.3. The third-order valence-electron chi connectivity index (χ3n) is 3.44. The van der Waals surface area contributed by atoms with Gasteiger partial charge in [-0.05, 0) is 36.4 Å². The molecule has 0 radical (unpaired) electrons. The number of hydrogen-bond donors (Lipinski definition) is 1. The van der Waals surface area contributed by atoms with Gasteiger partial charge in [-0.3, -0.25) is 4.79 Å². The van der Waals surface area contributed by atoms with Gasteiger partial charge in [0.2, 0.25) is 5.91 Å². The molecular formula is C17H19N5O3S. The van der Waals surface area contributed by atoms with Gasteiger partial charge in [0.1, 0.15) is 17.3 Å². The Labute approximate surface area is 154 Å². The molecule has 1 N–H and O–H groups in total. The van der Waals surface area contributed by atoms with Crippen molar-refractivity contribution in [2.24, 2.45) is 0 Å². The number of thioether (sulfide) groups is 1. The number of ether oxygens (including phenoxy) is 1. The van der Waals surface area contributed by atoms with E-state index < -0.39 is 5.69 Å². The van der Waals surface area contributed by atoms with E-state index in [-0.39, 0.29) is 12.5 Å². The smallest absolute Gasteiger partial charge is 0.367 e. The Kier molecular flexibility index (Phi) is 5.27. The molecule has 0 bridgehead atoms. The standard InChI is InChI=1S/C17H19N5O3S/c1-11(2)26-16-9-8-14-19-21(17(24)22(14)20-16)10-15(23)18-12-4-6-13(25-3)7-5-12/h4-9,11H,10H2,1-3H3,(H,18,23). The molecule has 3 aromatic rings. The van der Waals surface area contributed by atoms with Crippen molar-refractivity contribution in [3.8, 4) is 5.75 Å². The van der Waals surface area contributed by atoms with Crippen LogP contribution in [-0.2, 0) is 11.3 Å². The second-order valence-electron chi connectivity index (χ2n) is 5.83. The minimum absolute atomic E-state index is 0.194. The van der Waals surface area contributed by atoms with Crippen LogP contribution >= 0.6 is 11.8 Å². The van der Waals surface area contributed by atoms with Crippen molar-refractivity contribution >= 4 is 29.0 Å². The van der Waals surface area contributed by atoms with E-state index >= 15 is 0 Å². The monoisotopic (exact) mass is 373 g/mol. The Morgan fingerprint density at radius 2 is 1.92 bits per heavy atom. The number of amides is 1. The van der Waals surface area contributed by atoms with E-state index in [2.05, 4.69) is 15.5 Å². The van der Waals surface area contributed by atoms with Crippen LogP contribution in [0.1, 0.15) is 13.8 Å². The highest BCUT2D eigenvalue weighted by Crippen LogP contribution is 2.19. The molecule has 3 rings (SSSR count). The molecule has 8 nitrogen and oxygen atoms in total. The van der Waals surface area contributed by atoms with Gasteiger partial charge in [-0.2, -0.15) is 9.61 Å². The predicted octanol–water partition coefficient (Wildman–Crippen LogP) is 2.04. The van der Waals surface area contributed by atoms with E-state index in [1.807, 2.05) is 19.9 Å². The zero-order chi connectivity index (χ0) is 18.7. The van der Waals surface area contributed by atoms with Gasteiger partial charge in [-0.15, -0.1) is 16.9 Å². The van der Waals surface area contributed by atoms with Crippen molar-refractivity contribution in [3.63, 3.8) is 0 Å². The first-order valence-electron chi connectivity index (χ1n) is 8.04. The summed E-state index contributed by atoms with van der Waals surface area (Å²) in [6.45, 7) is 3.90.